The lowest BCUT2D eigenvalue weighted by molar-refractivity contribution is 0.0542. The minimum absolute atomic E-state index is 0.0415. The number of piperidine rings is 1. The monoisotopic (exact) mass is 263 g/mol. The lowest BCUT2D eigenvalue weighted by Crippen LogP contribution is -2.46. The first-order valence-electron chi connectivity index (χ1n) is 7.21. The molecule has 0 aromatic carbocycles. The molecule has 2 heterocycles. The van der Waals surface area contributed by atoms with Crippen LogP contribution in [-0.2, 0) is 6.54 Å². The fourth-order valence-corrected chi connectivity index (χ4v) is 3.49. The second-order valence-electron chi connectivity index (χ2n) is 5.55. The highest BCUT2D eigenvalue weighted by atomic mass is 16.2. The summed E-state index contributed by atoms with van der Waals surface area (Å²) in [6.07, 6.45) is 7.77. The first kappa shape index (κ1) is 12.6. The molecule has 0 spiro atoms. The Hall–Kier alpha value is -1.43. The third-order valence-corrected chi connectivity index (χ3v) is 4.37. The summed E-state index contributed by atoms with van der Waals surface area (Å²) < 4.78 is 1.64. The van der Waals surface area contributed by atoms with Gasteiger partial charge in [0.2, 0.25) is 0 Å². The van der Waals surface area contributed by atoms with E-state index in [-0.39, 0.29) is 5.91 Å². The molecule has 2 fully saturated rings. The number of carbonyl (C=O) groups is 1. The molecule has 104 valence electrons. The summed E-state index contributed by atoms with van der Waals surface area (Å²) in [5.74, 6) is 0.747. The third-order valence-electron chi connectivity index (χ3n) is 4.37. The second-order valence-corrected chi connectivity index (χ2v) is 5.55. The van der Waals surface area contributed by atoms with Gasteiger partial charge < -0.3 is 10.6 Å². The van der Waals surface area contributed by atoms with Crippen molar-refractivity contribution in [3.63, 3.8) is 0 Å². The van der Waals surface area contributed by atoms with Gasteiger partial charge in [0.05, 0.1) is 12.7 Å². The van der Waals surface area contributed by atoms with Gasteiger partial charge in [-0.25, -0.2) is 0 Å². The zero-order chi connectivity index (χ0) is 13.2. The number of carbonyl (C=O) groups excluding carboxylic acids is 1. The van der Waals surface area contributed by atoms with Gasteiger partial charge in [0.25, 0.3) is 5.91 Å². The first-order chi connectivity index (χ1) is 9.29. The summed E-state index contributed by atoms with van der Waals surface area (Å²) in [5.41, 5.74) is 5.93. The molecule has 6 heteroatoms. The molecular formula is C13H21N5O. The van der Waals surface area contributed by atoms with Crippen molar-refractivity contribution in [1.82, 2.24) is 19.9 Å². The van der Waals surface area contributed by atoms with Crippen LogP contribution in [0.1, 0.15) is 42.6 Å². The highest BCUT2D eigenvalue weighted by molar-refractivity contribution is 5.92. The van der Waals surface area contributed by atoms with Crippen molar-refractivity contribution in [1.29, 1.82) is 0 Å². The van der Waals surface area contributed by atoms with Crippen LogP contribution in [0, 0.1) is 5.92 Å². The van der Waals surface area contributed by atoms with E-state index in [1.54, 1.807) is 10.9 Å². The number of amides is 1. The molecule has 2 aliphatic rings. The lowest BCUT2D eigenvalue weighted by atomic mass is 9.92. The summed E-state index contributed by atoms with van der Waals surface area (Å²) in [5, 5.41) is 7.94. The van der Waals surface area contributed by atoms with Gasteiger partial charge in [0, 0.05) is 19.1 Å². The van der Waals surface area contributed by atoms with Gasteiger partial charge in [-0.2, -0.15) is 0 Å². The number of nitrogens with two attached hydrogens (primary N) is 1. The van der Waals surface area contributed by atoms with Crippen molar-refractivity contribution in [2.24, 2.45) is 11.7 Å². The number of hydrogen-bond donors (Lipinski definition) is 1. The largest absolute Gasteiger partial charge is 0.334 e. The van der Waals surface area contributed by atoms with Gasteiger partial charge in [0.15, 0.2) is 5.69 Å². The van der Waals surface area contributed by atoms with Crippen molar-refractivity contribution < 1.29 is 4.79 Å². The predicted molar refractivity (Wildman–Crippen MR) is 70.5 cm³/mol. The van der Waals surface area contributed by atoms with Crippen LogP contribution in [0.4, 0.5) is 0 Å². The third kappa shape index (κ3) is 2.36. The van der Waals surface area contributed by atoms with E-state index in [9.17, 15) is 4.79 Å². The molecule has 19 heavy (non-hydrogen) atoms. The molecule has 2 N–H and O–H groups in total. The molecule has 3 rings (SSSR count). The molecule has 2 atom stereocenters. The summed E-state index contributed by atoms with van der Waals surface area (Å²) in [7, 11) is 0. The fraction of sp³-hybridized carbons (Fsp3) is 0.769. The highest BCUT2D eigenvalue weighted by Gasteiger charge is 2.38. The Morgan fingerprint density at radius 1 is 1.37 bits per heavy atom. The number of likely N-dealkylation sites (tertiary alicyclic amines) is 1. The molecule has 1 saturated heterocycles. The van der Waals surface area contributed by atoms with Crippen molar-refractivity contribution >= 4 is 5.91 Å². The summed E-state index contributed by atoms with van der Waals surface area (Å²) >= 11 is 0. The van der Waals surface area contributed by atoms with Gasteiger partial charge in [-0.1, -0.05) is 11.6 Å². The van der Waals surface area contributed by atoms with E-state index in [1.165, 1.54) is 19.3 Å². The molecular weight excluding hydrogens is 242 g/mol. The Labute approximate surface area is 112 Å². The smallest absolute Gasteiger partial charge is 0.276 e. The summed E-state index contributed by atoms with van der Waals surface area (Å²) in [4.78, 5) is 14.6. The average Bonchev–Trinajstić information content (AvgIpc) is 3.06. The Morgan fingerprint density at radius 2 is 2.21 bits per heavy atom. The number of rotatable bonds is 3. The lowest BCUT2D eigenvalue weighted by Gasteiger charge is -2.37. The van der Waals surface area contributed by atoms with Crippen LogP contribution in [0.2, 0.25) is 0 Å². The van der Waals surface area contributed by atoms with Crippen molar-refractivity contribution in [3.05, 3.63) is 11.9 Å². The number of nitrogens with zero attached hydrogens (tertiary/aromatic N) is 4. The Bertz CT molecular complexity index is 458. The molecule has 0 bridgehead atoms. The molecule has 1 aliphatic heterocycles. The maximum Gasteiger partial charge on any atom is 0.276 e. The van der Waals surface area contributed by atoms with E-state index in [0.717, 1.165) is 19.4 Å². The first-order valence-corrected chi connectivity index (χ1v) is 7.21. The van der Waals surface area contributed by atoms with Crippen molar-refractivity contribution in [2.45, 2.75) is 44.7 Å². The van der Waals surface area contributed by atoms with E-state index in [2.05, 4.69) is 10.3 Å². The highest BCUT2D eigenvalue weighted by Crippen LogP contribution is 2.37. The predicted octanol–water partition coefficient (Wildman–Crippen LogP) is 0.641. The Kier molecular flexibility index (Phi) is 3.50. The van der Waals surface area contributed by atoms with E-state index in [0.29, 0.717) is 30.7 Å². The molecule has 6 nitrogen and oxygen atoms in total. The van der Waals surface area contributed by atoms with Gasteiger partial charge >= 0.3 is 0 Å². The van der Waals surface area contributed by atoms with E-state index in [4.69, 9.17) is 5.73 Å². The molecule has 1 aliphatic carbocycles. The maximum absolute atomic E-state index is 12.5. The van der Waals surface area contributed by atoms with Crippen LogP contribution in [0.3, 0.4) is 0 Å². The standard InChI is InChI=1S/C13H21N5O/c14-6-8-17-9-11(15-16-17)13(19)18-7-2-4-10-3-1-5-12(10)18/h9-10,12H,1-8,14H2. The number of aromatic nitrogens is 3. The van der Waals surface area contributed by atoms with Crippen LogP contribution in [-0.4, -0.2) is 44.9 Å². The van der Waals surface area contributed by atoms with Crippen molar-refractivity contribution in [3.8, 4) is 0 Å². The Balaban J connectivity index is 1.74. The van der Waals surface area contributed by atoms with Crippen LogP contribution in [0.15, 0.2) is 6.20 Å². The van der Waals surface area contributed by atoms with Gasteiger partial charge in [-0.05, 0) is 31.6 Å². The molecule has 1 aromatic rings. The zero-order valence-electron chi connectivity index (χ0n) is 11.2. The summed E-state index contributed by atoms with van der Waals surface area (Å²) in [6, 6.07) is 0.431. The topological polar surface area (TPSA) is 77.0 Å². The van der Waals surface area contributed by atoms with Crippen molar-refractivity contribution in [2.75, 3.05) is 13.1 Å². The minimum atomic E-state index is 0.0415. The molecule has 1 aromatic heterocycles. The maximum atomic E-state index is 12.5. The fourth-order valence-electron chi connectivity index (χ4n) is 3.49. The number of fused-ring (bicyclic) bond motifs is 1. The second kappa shape index (κ2) is 5.28. The van der Waals surface area contributed by atoms with Gasteiger partial charge in [0.1, 0.15) is 0 Å². The normalized spacial score (nSPS) is 26.5. The zero-order valence-corrected chi connectivity index (χ0v) is 11.2. The quantitative estimate of drug-likeness (QED) is 0.868. The molecule has 1 amide bonds. The molecule has 2 unspecified atom stereocenters. The van der Waals surface area contributed by atoms with E-state index < -0.39 is 0 Å². The van der Waals surface area contributed by atoms with Crippen LogP contribution in [0.5, 0.6) is 0 Å². The Morgan fingerprint density at radius 3 is 3.05 bits per heavy atom. The van der Waals surface area contributed by atoms with E-state index >= 15 is 0 Å². The average molecular weight is 263 g/mol. The molecule has 0 radical (unpaired) electrons. The molecule has 1 saturated carbocycles. The van der Waals surface area contributed by atoms with Gasteiger partial charge in [-0.3, -0.25) is 9.48 Å². The minimum Gasteiger partial charge on any atom is -0.334 e. The van der Waals surface area contributed by atoms with Crippen LogP contribution in [0.25, 0.3) is 0 Å². The van der Waals surface area contributed by atoms with Crippen LogP contribution >= 0.6 is 0 Å². The number of hydrogen-bond acceptors (Lipinski definition) is 4. The van der Waals surface area contributed by atoms with E-state index in [1.807, 2.05) is 4.90 Å². The van der Waals surface area contributed by atoms with Gasteiger partial charge in [-0.15, -0.1) is 5.10 Å². The van der Waals surface area contributed by atoms with Crippen LogP contribution < -0.4 is 5.73 Å². The SMILES string of the molecule is NCCn1cc(C(=O)N2CCCC3CCCC32)nn1. The summed E-state index contributed by atoms with van der Waals surface area (Å²) in [6.45, 7) is 1.97.